The Kier molecular flexibility index (Phi) is 4.94. The summed E-state index contributed by atoms with van der Waals surface area (Å²) in [4.78, 5) is 7.55. The van der Waals surface area contributed by atoms with Gasteiger partial charge < -0.3 is 14.2 Å². The van der Waals surface area contributed by atoms with Gasteiger partial charge >= 0.3 is 12.4 Å². The lowest BCUT2D eigenvalue weighted by Gasteiger charge is -2.26. The SMILES string of the molecule is CN1CCC(c2nnc([C@]34CN(c5ccc(C(F)(F)F)c6ncccc56)C[C@@]3(C(F)(F)F)C4)o2)CC1. The van der Waals surface area contributed by atoms with Gasteiger partial charge in [0, 0.05) is 36.3 Å². The number of halogens is 6. The normalized spacial score (nSPS) is 27.6. The van der Waals surface area contributed by atoms with Crippen LogP contribution < -0.4 is 4.90 Å². The van der Waals surface area contributed by atoms with Crippen molar-refractivity contribution in [3.05, 3.63) is 47.8 Å². The minimum absolute atomic E-state index is 0.000300. The van der Waals surface area contributed by atoms with Crippen LogP contribution in [-0.4, -0.2) is 59.5 Å². The molecule has 0 bridgehead atoms. The largest absolute Gasteiger partial charge is 0.424 e. The van der Waals surface area contributed by atoms with E-state index in [2.05, 4.69) is 20.1 Å². The fourth-order valence-corrected chi connectivity index (χ4v) is 6.08. The van der Waals surface area contributed by atoms with E-state index >= 15 is 0 Å². The van der Waals surface area contributed by atoms with Crippen LogP contribution in [0.4, 0.5) is 32.0 Å². The number of fused-ring (bicyclic) bond motifs is 2. The number of hydrogen-bond acceptors (Lipinski definition) is 6. The Bertz CT molecular complexity index is 1310. The number of pyridine rings is 1. The molecule has 0 spiro atoms. The monoisotopic (exact) mass is 511 g/mol. The van der Waals surface area contributed by atoms with E-state index in [-0.39, 0.29) is 41.4 Å². The van der Waals surface area contributed by atoms with Gasteiger partial charge in [0.1, 0.15) is 5.41 Å². The van der Waals surface area contributed by atoms with E-state index in [1.54, 1.807) is 0 Å². The third-order valence-electron chi connectivity index (χ3n) is 8.17. The summed E-state index contributed by atoms with van der Waals surface area (Å²) in [5.74, 6) is 0.323. The van der Waals surface area contributed by atoms with Crippen LogP contribution in [0.15, 0.2) is 34.9 Å². The van der Waals surface area contributed by atoms with Crippen molar-refractivity contribution in [1.82, 2.24) is 20.1 Å². The number of nitrogens with zero attached hydrogens (tertiary/aromatic N) is 5. The first-order chi connectivity index (χ1) is 17.0. The van der Waals surface area contributed by atoms with Crippen molar-refractivity contribution in [3.8, 4) is 0 Å². The zero-order valence-electron chi connectivity index (χ0n) is 19.3. The van der Waals surface area contributed by atoms with Crippen molar-refractivity contribution in [2.45, 2.75) is 42.9 Å². The highest BCUT2D eigenvalue weighted by Gasteiger charge is 2.86. The quantitative estimate of drug-likeness (QED) is 0.453. The molecule has 0 radical (unpaired) electrons. The van der Waals surface area contributed by atoms with Crippen molar-refractivity contribution in [1.29, 1.82) is 0 Å². The molecule has 0 unspecified atom stereocenters. The Labute approximate surface area is 202 Å². The highest BCUT2D eigenvalue weighted by atomic mass is 19.4. The molecule has 3 aliphatic rings. The van der Waals surface area contributed by atoms with E-state index in [0.717, 1.165) is 32.0 Å². The molecule has 0 N–H and O–H groups in total. The van der Waals surface area contributed by atoms with Crippen molar-refractivity contribution in [2.24, 2.45) is 5.41 Å². The average molecular weight is 511 g/mol. The molecule has 36 heavy (non-hydrogen) atoms. The molecule has 1 aliphatic carbocycles. The van der Waals surface area contributed by atoms with E-state index in [4.69, 9.17) is 4.42 Å². The Hall–Kier alpha value is -2.89. The molecule has 2 saturated heterocycles. The first-order valence-electron chi connectivity index (χ1n) is 11.7. The van der Waals surface area contributed by atoms with Crippen LogP contribution in [0.5, 0.6) is 0 Å². The van der Waals surface area contributed by atoms with Crippen LogP contribution >= 0.6 is 0 Å². The number of alkyl halides is 6. The number of benzene rings is 1. The summed E-state index contributed by atoms with van der Waals surface area (Å²) in [6, 6.07) is 5.04. The minimum Gasteiger partial charge on any atom is -0.424 e. The maximum Gasteiger partial charge on any atom is 0.418 e. The van der Waals surface area contributed by atoms with Gasteiger partial charge in [-0.1, -0.05) is 0 Å². The molecule has 2 aromatic heterocycles. The fraction of sp³-hybridized carbons (Fsp3) is 0.542. The number of hydrogen-bond donors (Lipinski definition) is 0. The molecular weight excluding hydrogens is 488 g/mol. The van der Waals surface area contributed by atoms with E-state index in [1.807, 2.05) is 7.05 Å². The van der Waals surface area contributed by atoms with Gasteiger partial charge in [0.05, 0.1) is 16.5 Å². The Morgan fingerprint density at radius 2 is 1.75 bits per heavy atom. The molecule has 2 atom stereocenters. The molecule has 6 rings (SSSR count). The molecule has 6 nitrogen and oxygen atoms in total. The fourth-order valence-electron chi connectivity index (χ4n) is 6.08. The second-order valence-corrected chi connectivity index (χ2v) is 10.2. The molecule has 0 amide bonds. The summed E-state index contributed by atoms with van der Waals surface area (Å²) < 4.78 is 89.9. The molecule has 12 heteroatoms. The molecule has 4 heterocycles. The second-order valence-electron chi connectivity index (χ2n) is 10.2. The van der Waals surface area contributed by atoms with Crippen molar-refractivity contribution < 1.29 is 30.8 Å². The third-order valence-corrected chi connectivity index (χ3v) is 8.17. The lowest BCUT2D eigenvalue weighted by atomic mass is 9.95. The number of anilines is 1. The van der Waals surface area contributed by atoms with Gasteiger partial charge in [-0.25, -0.2) is 0 Å². The van der Waals surface area contributed by atoms with Crippen LogP contribution in [0.25, 0.3) is 10.9 Å². The highest BCUT2D eigenvalue weighted by molar-refractivity contribution is 5.94. The first kappa shape index (κ1) is 23.5. The number of aromatic nitrogens is 3. The van der Waals surface area contributed by atoms with E-state index < -0.39 is 35.3 Å². The standard InChI is InChI=1S/C24H23F6N5O/c1-34-9-6-14(7-10-34)19-32-33-20(36-19)21-11-22(21,24(28,29)30)13-35(12-21)17-5-4-16(23(25,26)27)18-15(17)3-2-8-31-18/h2-5,8,14H,6-7,9-13H2,1H3/t21-,22-/m0/s1. The van der Waals surface area contributed by atoms with Crippen molar-refractivity contribution >= 4 is 16.6 Å². The first-order valence-corrected chi connectivity index (χ1v) is 11.7. The van der Waals surface area contributed by atoms with Gasteiger partial charge in [-0.05, 0) is 63.7 Å². The molecule has 192 valence electrons. The Morgan fingerprint density at radius 3 is 2.44 bits per heavy atom. The predicted molar refractivity (Wildman–Crippen MR) is 118 cm³/mol. The molecule has 1 aromatic carbocycles. The van der Waals surface area contributed by atoms with E-state index in [9.17, 15) is 26.3 Å². The van der Waals surface area contributed by atoms with E-state index in [0.29, 0.717) is 5.89 Å². The molecule has 3 fully saturated rings. The number of likely N-dealkylation sites (tertiary alicyclic amines) is 1. The van der Waals surface area contributed by atoms with Gasteiger partial charge in [-0.15, -0.1) is 10.2 Å². The zero-order chi connectivity index (χ0) is 25.5. The van der Waals surface area contributed by atoms with Crippen molar-refractivity contribution in [3.63, 3.8) is 0 Å². The summed E-state index contributed by atoms with van der Waals surface area (Å²) in [6.45, 7) is 1.18. The zero-order valence-corrected chi connectivity index (χ0v) is 19.3. The van der Waals surface area contributed by atoms with E-state index in [1.165, 1.54) is 29.3 Å². The second kappa shape index (κ2) is 7.56. The van der Waals surface area contributed by atoms with Gasteiger partial charge in [0.25, 0.3) is 0 Å². The van der Waals surface area contributed by atoms with Gasteiger partial charge in [0.2, 0.25) is 11.8 Å². The summed E-state index contributed by atoms with van der Waals surface area (Å²) in [5.41, 5.74) is -4.48. The Morgan fingerprint density at radius 1 is 1.00 bits per heavy atom. The van der Waals surface area contributed by atoms with Gasteiger partial charge in [-0.3, -0.25) is 4.98 Å². The summed E-state index contributed by atoms with van der Waals surface area (Å²) in [5, 5.41) is 8.36. The predicted octanol–water partition coefficient (Wildman–Crippen LogP) is 5.16. The maximum absolute atomic E-state index is 14.5. The molecular formula is C24H23F6N5O. The number of rotatable bonds is 3. The molecule has 3 aromatic rings. The van der Waals surface area contributed by atoms with Gasteiger partial charge in [0.15, 0.2) is 0 Å². The minimum atomic E-state index is -4.64. The summed E-state index contributed by atoms with van der Waals surface area (Å²) in [7, 11) is 2.00. The third kappa shape index (κ3) is 3.32. The average Bonchev–Trinajstić information content (AvgIpc) is 3.13. The maximum atomic E-state index is 14.5. The van der Waals surface area contributed by atoms with Crippen molar-refractivity contribution in [2.75, 3.05) is 38.1 Å². The van der Waals surface area contributed by atoms with Gasteiger partial charge in [-0.2, -0.15) is 26.3 Å². The molecule has 2 aliphatic heterocycles. The summed E-state index contributed by atoms with van der Waals surface area (Å²) >= 11 is 0. The number of piperidine rings is 2. The summed E-state index contributed by atoms with van der Waals surface area (Å²) in [6.07, 6.45) is -6.57. The lowest BCUT2D eigenvalue weighted by Crippen LogP contribution is -2.34. The smallest absolute Gasteiger partial charge is 0.418 e. The molecule has 1 saturated carbocycles. The van der Waals surface area contributed by atoms with Crippen LogP contribution in [0.3, 0.4) is 0 Å². The topological polar surface area (TPSA) is 58.3 Å². The Balaban J connectivity index is 1.38. The van der Waals surface area contributed by atoms with Crippen LogP contribution in [-0.2, 0) is 11.6 Å². The highest BCUT2D eigenvalue weighted by Crippen LogP contribution is 2.75. The van der Waals surface area contributed by atoms with Crippen LogP contribution in [0, 0.1) is 5.41 Å². The van der Waals surface area contributed by atoms with Crippen LogP contribution in [0.2, 0.25) is 0 Å². The lowest BCUT2D eigenvalue weighted by molar-refractivity contribution is -0.187. The van der Waals surface area contributed by atoms with Crippen LogP contribution in [0.1, 0.15) is 42.5 Å².